The van der Waals surface area contributed by atoms with Crippen LogP contribution in [0.4, 0.5) is 10.5 Å². The van der Waals surface area contributed by atoms with E-state index < -0.39 is 11.7 Å². The summed E-state index contributed by atoms with van der Waals surface area (Å²) in [5.74, 6) is -0.124. The Morgan fingerprint density at radius 2 is 2.00 bits per heavy atom. The van der Waals surface area contributed by atoms with Crippen molar-refractivity contribution in [2.24, 2.45) is 0 Å². The third-order valence-corrected chi connectivity index (χ3v) is 2.97. The Morgan fingerprint density at radius 1 is 1.30 bits per heavy atom. The molecule has 1 aliphatic heterocycles. The Morgan fingerprint density at radius 3 is 2.70 bits per heavy atom. The van der Waals surface area contributed by atoms with E-state index in [0.717, 1.165) is 17.7 Å². The Bertz CT molecular complexity index is 520. The molecule has 0 fully saturated rings. The lowest BCUT2D eigenvalue weighted by atomic mass is 10.2. The number of anilines is 1. The van der Waals surface area contributed by atoms with E-state index in [9.17, 15) is 9.59 Å². The van der Waals surface area contributed by atoms with E-state index in [1.54, 1.807) is 25.7 Å². The molecule has 0 aromatic heterocycles. The number of alkyl carbamates (subject to hydrolysis) is 1. The van der Waals surface area contributed by atoms with Crippen LogP contribution in [0.3, 0.4) is 0 Å². The van der Waals surface area contributed by atoms with E-state index in [4.69, 9.17) is 4.74 Å². The van der Waals surface area contributed by atoms with Gasteiger partial charge in [-0.15, -0.1) is 0 Å². The maximum atomic E-state index is 12.1. The number of benzene rings is 1. The highest BCUT2D eigenvalue weighted by atomic mass is 16.6. The molecule has 1 aliphatic rings. The van der Waals surface area contributed by atoms with Crippen molar-refractivity contribution >= 4 is 17.7 Å². The molecule has 1 aromatic rings. The van der Waals surface area contributed by atoms with Gasteiger partial charge in [-0.2, -0.15) is 0 Å². The van der Waals surface area contributed by atoms with Crippen LogP contribution in [0, 0.1) is 0 Å². The second-order valence-electron chi connectivity index (χ2n) is 5.78. The maximum Gasteiger partial charge on any atom is 0.408 e. The molecule has 0 saturated heterocycles. The molecule has 0 radical (unpaired) electrons. The Balaban J connectivity index is 1.89. The molecule has 2 rings (SSSR count). The predicted octanol–water partition coefficient (Wildman–Crippen LogP) is 2.10. The Hall–Kier alpha value is -2.04. The molecule has 0 spiro atoms. The summed E-state index contributed by atoms with van der Waals surface area (Å²) in [5.41, 5.74) is 1.54. The number of carbonyl (C=O) groups excluding carboxylic acids is 2. The fraction of sp³-hybridized carbons (Fsp3) is 0.467. The normalized spacial score (nSPS) is 13.8. The molecule has 0 atom stereocenters. The third-order valence-electron chi connectivity index (χ3n) is 2.97. The van der Waals surface area contributed by atoms with E-state index in [1.165, 1.54) is 0 Å². The van der Waals surface area contributed by atoms with Crippen LogP contribution in [-0.4, -0.2) is 30.7 Å². The molecule has 20 heavy (non-hydrogen) atoms. The highest BCUT2D eigenvalue weighted by Gasteiger charge is 2.24. The van der Waals surface area contributed by atoms with Gasteiger partial charge >= 0.3 is 6.09 Å². The predicted molar refractivity (Wildman–Crippen MR) is 76.7 cm³/mol. The molecule has 108 valence electrons. The highest BCUT2D eigenvalue weighted by molar-refractivity contribution is 5.97. The number of rotatable bonds is 2. The average Bonchev–Trinajstić information content (AvgIpc) is 2.78. The van der Waals surface area contributed by atoms with Crippen molar-refractivity contribution in [3.8, 4) is 0 Å². The molecule has 0 unspecified atom stereocenters. The second kappa shape index (κ2) is 5.53. The van der Waals surface area contributed by atoms with Gasteiger partial charge in [-0.3, -0.25) is 4.79 Å². The molecule has 0 bridgehead atoms. The first-order chi connectivity index (χ1) is 9.37. The van der Waals surface area contributed by atoms with E-state index in [1.807, 2.05) is 24.3 Å². The summed E-state index contributed by atoms with van der Waals surface area (Å²) in [5, 5.41) is 2.49. The first kappa shape index (κ1) is 14.4. The van der Waals surface area contributed by atoms with Gasteiger partial charge < -0.3 is 15.0 Å². The van der Waals surface area contributed by atoms with Crippen molar-refractivity contribution in [3.63, 3.8) is 0 Å². The molecule has 1 heterocycles. The number of carbonyl (C=O) groups is 2. The molecular weight excluding hydrogens is 256 g/mol. The van der Waals surface area contributed by atoms with Gasteiger partial charge in [-0.1, -0.05) is 18.2 Å². The van der Waals surface area contributed by atoms with Gasteiger partial charge in [0.15, 0.2) is 0 Å². The zero-order valence-electron chi connectivity index (χ0n) is 12.1. The fourth-order valence-electron chi connectivity index (χ4n) is 2.15. The van der Waals surface area contributed by atoms with Crippen molar-refractivity contribution in [2.45, 2.75) is 32.8 Å². The number of para-hydroxylation sites is 1. The van der Waals surface area contributed by atoms with Gasteiger partial charge in [0.25, 0.3) is 0 Å². The number of nitrogens with one attached hydrogen (secondary N) is 1. The largest absolute Gasteiger partial charge is 0.444 e. The van der Waals surface area contributed by atoms with Crippen molar-refractivity contribution in [2.75, 3.05) is 18.0 Å². The molecule has 1 aromatic carbocycles. The summed E-state index contributed by atoms with van der Waals surface area (Å²) in [7, 11) is 0. The fourth-order valence-corrected chi connectivity index (χ4v) is 2.15. The van der Waals surface area contributed by atoms with Crippen LogP contribution in [0.1, 0.15) is 26.3 Å². The molecule has 5 heteroatoms. The zero-order valence-corrected chi connectivity index (χ0v) is 12.1. The highest BCUT2D eigenvalue weighted by Crippen LogP contribution is 2.27. The maximum absolute atomic E-state index is 12.1. The van der Waals surface area contributed by atoms with Crippen LogP contribution in [0.15, 0.2) is 24.3 Å². The monoisotopic (exact) mass is 276 g/mol. The number of hydrogen-bond acceptors (Lipinski definition) is 3. The Labute approximate surface area is 118 Å². The molecule has 5 nitrogen and oxygen atoms in total. The second-order valence-corrected chi connectivity index (χ2v) is 5.78. The summed E-state index contributed by atoms with van der Waals surface area (Å²) < 4.78 is 5.10. The summed E-state index contributed by atoms with van der Waals surface area (Å²) in [4.78, 5) is 25.4. The van der Waals surface area contributed by atoms with Crippen molar-refractivity contribution in [1.29, 1.82) is 0 Å². The number of amides is 2. The van der Waals surface area contributed by atoms with Gasteiger partial charge in [0.05, 0.1) is 0 Å². The summed E-state index contributed by atoms with van der Waals surface area (Å²) in [6, 6.07) is 7.81. The number of hydrogen-bond donors (Lipinski definition) is 1. The van der Waals surface area contributed by atoms with Crippen molar-refractivity contribution in [1.82, 2.24) is 5.32 Å². The first-order valence-electron chi connectivity index (χ1n) is 6.72. The first-order valence-corrected chi connectivity index (χ1v) is 6.72. The topological polar surface area (TPSA) is 58.6 Å². The van der Waals surface area contributed by atoms with Crippen LogP contribution < -0.4 is 10.2 Å². The van der Waals surface area contributed by atoms with Crippen LogP contribution in [0.5, 0.6) is 0 Å². The van der Waals surface area contributed by atoms with Crippen molar-refractivity contribution in [3.05, 3.63) is 29.8 Å². The van der Waals surface area contributed by atoms with Crippen LogP contribution >= 0.6 is 0 Å². The number of ether oxygens (including phenoxy) is 1. The van der Waals surface area contributed by atoms with Gasteiger partial charge in [0.2, 0.25) is 5.91 Å². The quantitative estimate of drug-likeness (QED) is 0.900. The number of nitrogens with zero attached hydrogens (tertiary/aromatic N) is 1. The SMILES string of the molecule is CC(C)(C)OC(=O)NCC(=O)N1CCc2ccccc21. The smallest absolute Gasteiger partial charge is 0.408 e. The summed E-state index contributed by atoms with van der Waals surface area (Å²) >= 11 is 0. The lowest BCUT2D eigenvalue weighted by molar-refractivity contribution is -0.117. The van der Waals surface area contributed by atoms with Gasteiger partial charge in [0, 0.05) is 12.2 Å². The minimum absolute atomic E-state index is 0.0523. The van der Waals surface area contributed by atoms with Crippen molar-refractivity contribution < 1.29 is 14.3 Å². The van der Waals surface area contributed by atoms with Gasteiger partial charge in [-0.05, 0) is 38.8 Å². The van der Waals surface area contributed by atoms with Crippen LogP contribution in [0.2, 0.25) is 0 Å². The van der Waals surface area contributed by atoms with Crippen LogP contribution in [-0.2, 0) is 16.0 Å². The molecular formula is C15H20N2O3. The molecule has 1 N–H and O–H groups in total. The summed E-state index contributed by atoms with van der Waals surface area (Å²) in [6.07, 6.45) is 0.285. The minimum atomic E-state index is -0.571. The zero-order chi connectivity index (χ0) is 14.8. The lowest BCUT2D eigenvalue weighted by Crippen LogP contribution is -2.41. The van der Waals surface area contributed by atoms with E-state index in [2.05, 4.69) is 5.32 Å². The molecule has 0 aliphatic carbocycles. The van der Waals surface area contributed by atoms with Gasteiger partial charge in [-0.25, -0.2) is 4.79 Å². The summed E-state index contributed by atoms with van der Waals surface area (Å²) in [6.45, 7) is 5.96. The van der Waals surface area contributed by atoms with E-state index in [0.29, 0.717) is 6.54 Å². The molecule has 2 amide bonds. The average molecular weight is 276 g/mol. The standard InChI is InChI=1S/C15H20N2O3/c1-15(2,3)20-14(19)16-10-13(18)17-9-8-11-6-4-5-7-12(11)17/h4-7H,8-10H2,1-3H3,(H,16,19). The van der Waals surface area contributed by atoms with Gasteiger partial charge in [0.1, 0.15) is 12.1 Å². The minimum Gasteiger partial charge on any atom is -0.444 e. The van der Waals surface area contributed by atoms with E-state index in [-0.39, 0.29) is 12.5 Å². The van der Waals surface area contributed by atoms with E-state index >= 15 is 0 Å². The third kappa shape index (κ3) is 3.50. The lowest BCUT2D eigenvalue weighted by Gasteiger charge is -2.21. The Kier molecular flexibility index (Phi) is 3.97. The molecule has 0 saturated carbocycles. The number of fused-ring (bicyclic) bond motifs is 1. The van der Waals surface area contributed by atoms with Crippen LogP contribution in [0.25, 0.3) is 0 Å².